The van der Waals surface area contributed by atoms with Gasteiger partial charge in [0, 0.05) is 25.1 Å². The third-order valence-corrected chi connectivity index (χ3v) is 4.02. The molecule has 0 atom stereocenters. The van der Waals surface area contributed by atoms with Crippen molar-refractivity contribution in [2.24, 2.45) is 4.99 Å². The van der Waals surface area contributed by atoms with Gasteiger partial charge in [0.15, 0.2) is 5.96 Å². The molecule has 1 aromatic heterocycles. The third-order valence-electron chi connectivity index (χ3n) is 2.96. The lowest BCUT2D eigenvalue weighted by Gasteiger charge is -2.24. The predicted octanol–water partition coefficient (Wildman–Crippen LogP) is 2.24. The number of ether oxygens (including phenoxy) is 1. The fraction of sp³-hybridized carbons (Fsp3) is 0.714. The Morgan fingerprint density at radius 2 is 2.05 bits per heavy atom. The number of aliphatic imine (C=N–C) groups is 1. The number of hydrogen-bond donors (Lipinski definition) is 2. The minimum atomic E-state index is -0.215. The smallest absolute Gasteiger partial charge is 0.191 e. The molecule has 0 amide bonds. The molecule has 0 spiro atoms. The number of thiazole rings is 1. The van der Waals surface area contributed by atoms with E-state index in [9.17, 15) is 0 Å². The summed E-state index contributed by atoms with van der Waals surface area (Å²) in [6.45, 7) is 12.4. The predicted molar refractivity (Wildman–Crippen MR) is 85.5 cm³/mol. The molecule has 0 bridgehead atoms. The first-order valence-corrected chi connectivity index (χ1v) is 7.70. The van der Waals surface area contributed by atoms with E-state index in [-0.39, 0.29) is 5.60 Å². The van der Waals surface area contributed by atoms with Gasteiger partial charge in [0.2, 0.25) is 0 Å². The van der Waals surface area contributed by atoms with Crippen molar-refractivity contribution < 1.29 is 4.74 Å². The van der Waals surface area contributed by atoms with Crippen LogP contribution in [0.3, 0.4) is 0 Å². The fourth-order valence-corrected chi connectivity index (χ4v) is 2.44. The van der Waals surface area contributed by atoms with Crippen molar-refractivity contribution >= 4 is 17.3 Å². The van der Waals surface area contributed by atoms with Crippen molar-refractivity contribution in [1.82, 2.24) is 15.6 Å². The van der Waals surface area contributed by atoms with E-state index >= 15 is 0 Å². The maximum Gasteiger partial charge on any atom is 0.191 e. The number of nitrogens with zero attached hydrogens (tertiary/aromatic N) is 2. The summed E-state index contributed by atoms with van der Waals surface area (Å²) in [6.07, 6.45) is 0. The second kappa shape index (κ2) is 7.59. The Morgan fingerprint density at radius 1 is 1.35 bits per heavy atom. The van der Waals surface area contributed by atoms with E-state index in [1.54, 1.807) is 18.4 Å². The van der Waals surface area contributed by atoms with Gasteiger partial charge in [-0.2, -0.15) is 0 Å². The average molecular weight is 298 g/mol. The minimum Gasteiger partial charge on any atom is -0.377 e. The molecule has 0 saturated heterocycles. The highest BCUT2D eigenvalue weighted by molar-refractivity contribution is 7.11. The molecule has 1 rings (SSSR count). The van der Waals surface area contributed by atoms with Crippen molar-refractivity contribution in [1.29, 1.82) is 0 Å². The number of guanidine groups is 1. The standard InChI is InChI=1S/C14H26N4OS/c1-7-15-13(17-9-14(4,5)19-6)16-8-12-10(2)18-11(3)20-12/h7-9H2,1-6H3,(H2,15,16,17). The Hall–Kier alpha value is -1.14. The molecule has 0 aromatic carbocycles. The van der Waals surface area contributed by atoms with Crippen LogP contribution in [0.2, 0.25) is 0 Å². The lowest BCUT2D eigenvalue weighted by Crippen LogP contribution is -2.45. The van der Waals surface area contributed by atoms with Crippen molar-refractivity contribution in [3.05, 3.63) is 15.6 Å². The van der Waals surface area contributed by atoms with Gasteiger partial charge in [0.1, 0.15) is 0 Å². The Kier molecular flexibility index (Phi) is 6.42. The van der Waals surface area contributed by atoms with Gasteiger partial charge >= 0.3 is 0 Å². The topological polar surface area (TPSA) is 58.5 Å². The minimum absolute atomic E-state index is 0.215. The van der Waals surface area contributed by atoms with Crippen LogP contribution in [0.4, 0.5) is 0 Å². The molecule has 114 valence electrons. The molecular formula is C14H26N4OS. The SMILES string of the molecule is CCNC(=NCc1sc(C)nc1C)NCC(C)(C)OC. The molecule has 0 fully saturated rings. The number of nitrogens with one attached hydrogen (secondary N) is 2. The summed E-state index contributed by atoms with van der Waals surface area (Å²) in [6, 6.07) is 0. The van der Waals surface area contributed by atoms with Gasteiger partial charge in [-0.1, -0.05) is 0 Å². The van der Waals surface area contributed by atoms with E-state index in [0.717, 1.165) is 23.2 Å². The Balaban J connectivity index is 2.65. The summed E-state index contributed by atoms with van der Waals surface area (Å²) in [5.41, 5.74) is 0.858. The van der Waals surface area contributed by atoms with Crippen LogP contribution in [0.15, 0.2) is 4.99 Å². The van der Waals surface area contributed by atoms with Gasteiger partial charge in [0.25, 0.3) is 0 Å². The second-order valence-corrected chi connectivity index (χ2v) is 6.54. The molecule has 0 radical (unpaired) electrons. The van der Waals surface area contributed by atoms with Crippen LogP contribution in [0.25, 0.3) is 0 Å². The average Bonchev–Trinajstić information content (AvgIpc) is 2.71. The van der Waals surface area contributed by atoms with Crippen molar-refractivity contribution in [3.8, 4) is 0 Å². The van der Waals surface area contributed by atoms with Crippen LogP contribution in [0.5, 0.6) is 0 Å². The third kappa shape index (κ3) is 5.46. The summed E-state index contributed by atoms with van der Waals surface area (Å²) in [5, 5.41) is 7.64. The zero-order valence-electron chi connectivity index (χ0n) is 13.3. The summed E-state index contributed by atoms with van der Waals surface area (Å²) in [4.78, 5) is 10.2. The molecule has 6 heteroatoms. The summed E-state index contributed by atoms with van der Waals surface area (Å²) in [5.74, 6) is 0.808. The van der Waals surface area contributed by atoms with Crippen LogP contribution >= 0.6 is 11.3 Å². The van der Waals surface area contributed by atoms with Gasteiger partial charge < -0.3 is 15.4 Å². The molecule has 5 nitrogen and oxygen atoms in total. The fourth-order valence-electron chi connectivity index (χ4n) is 1.58. The highest BCUT2D eigenvalue weighted by atomic mass is 32.1. The summed E-state index contributed by atoms with van der Waals surface area (Å²) in [7, 11) is 1.72. The Morgan fingerprint density at radius 3 is 2.55 bits per heavy atom. The number of aryl methyl sites for hydroxylation is 2. The van der Waals surface area contributed by atoms with E-state index in [1.807, 2.05) is 27.7 Å². The molecule has 0 aliphatic rings. The Labute approximate surface area is 125 Å². The normalized spacial score (nSPS) is 12.6. The Bertz CT molecular complexity index is 454. The second-order valence-electron chi connectivity index (χ2n) is 5.25. The van der Waals surface area contributed by atoms with Gasteiger partial charge in [-0.3, -0.25) is 0 Å². The lowest BCUT2D eigenvalue weighted by atomic mass is 10.1. The highest BCUT2D eigenvalue weighted by Crippen LogP contribution is 2.17. The zero-order chi connectivity index (χ0) is 15.2. The first kappa shape index (κ1) is 16.9. The van der Waals surface area contributed by atoms with E-state index in [0.29, 0.717) is 13.1 Å². The lowest BCUT2D eigenvalue weighted by molar-refractivity contribution is 0.0268. The van der Waals surface area contributed by atoms with E-state index in [2.05, 4.69) is 27.5 Å². The number of hydrogen-bond acceptors (Lipinski definition) is 4. The van der Waals surface area contributed by atoms with Gasteiger partial charge in [-0.25, -0.2) is 9.98 Å². The van der Waals surface area contributed by atoms with Gasteiger partial charge in [0.05, 0.1) is 22.8 Å². The highest BCUT2D eigenvalue weighted by Gasteiger charge is 2.16. The number of aromatic nitrogens is 1. The molecule has 2 N–H and O–H groups in total. The molecule has 0 saturated carbocycles. The van der Waals surface area contributed by atoms with Crippen LogP contribution in [-0.2, 0) is 11.3 Å². The van der Waals surface area contributed by atoms with Crippen LogP contribution < -0.4 is 10.6 Å². The van der Waals surface area contributed by atoms with Crippen molar-refractivity contribution in [3.63, 3.8) is 0 Å². The van der Waals surface area contributed by atoms with Crippen LogP contribution in [0, 0.1) is 13.8 Å². The molecule has 1 aromatic rings. The first-order valence-electron chi connectivity index (χ1n) is 6.88. The van der Waals surface area contributed by atoms with Crippen molar-refractivity contribution in [2.45, 2.75) is 46.8 Å². The summed E-state index contributed by atoms with van der Waals surface area (Å²) >= 11 is 1.70. The number of methoxy groups -OCH3 is 1. The summed E-state index contributed by atoms with van der Waals surface area (Å²) < 4.78 is 5.40. The molecule has 20 heavy (non-hydrogen) atoms. The molecule has 0 aliphatic carbocycles. The maximum absolute atomic E-state index is 5.40. The van der Waals surface area contributed by atoms with Crippen molar-refractivity contribution in [2.75, 3.05) is 20.2 Å². The quantitative estimate of drug-likeness (QED) is 0.625. The van der Waals surface area contributed by atoms with E-state index in [4.69, 9.17) is 4.74 Å². The largest absolute Gasteiger partial charge is 0.377 e. The first-order chi connectivity index (χ1) is 9.38. The maximum atomic E-state index is 5.40. The van der Waals surface area contributed by atoms with Gasteiger partial charge in [-0.05, 0) is 34.6 Å². The van der Waals surface area contributed by atoms with E-state index in [1.165, 1.54) is 4.88 Å². The molecular weight excluding hydrogens is 272 g/mol. The zero-order valence-corrected chi connectivity index (χ0v) is 14.1. The monoisotopic (exact) mass is 298 g/mol. The van der Waals surface area contributed by atoms with Crippen LogP contribution in [-0.4, -0.2) is 36.7 Å². The van der Waals surface area contributed by atoms with E-state index < -0.39 is 0 Å². The molecule has 1 heterocycles. The number of rotatable bonds is 6. The van der Waals surface area contributed by atoms with Gasteiger partial charge in [-0.15, -0.1) is 11.3 Å². The van der Waals surface area contributed by atoms with Crippen LogP contribution in [0.1, 0.15) is 36.3 Å². The molecule has 0 unspecified atom stereocenters. The molecule has 0 aliphatic heterocycles.